The van der Waals surface area contributed by atoms with Crippen molar-refractivity contribution in [2.45, 2.75) is 242 Å². The highest BCUT2D eigenvalue weighted by Crippen LogP contribution is 2.30. The molecular weight excluding hydrogens is 857 g/mol. The predicted octanol–water partition coefficient (Wildman–Crippen LogP) is 17.4. The van der Waals surface area contributed by atoms with Crippen molar-refractivity contribution < 1.29 is 25.9 Å². The molecule has 9 heteroatoms. The zero-order chi connectivity index (χ0) is 46.1. The molecule has 0 aliphatic heterocycles. The van der Waals surface area contributed by atoms with Crippen molar-refractivity contribution in [3.8, 4) is 0 Å². The summed E-state index contributed by atoms with van der Waals surface area (Å²) in [6.45, 7) is 4.54. The summed E-state index contributed by atoms with van der Waals surface area (Å²) in [5.74, 6) is 0. The largest absolute Gasteiger partial charge is 0.295 e. The third-order valence-electron chi connectivity index (χ3n) is 13.0. The van der Waals surface area contributed by atoms with Crippen LogP contribution < -0.4 is 0 Å². The summed E-state index contributed by atoms with van der Waals surface area (Å²) in [7, 11) is -8.46. The van der Waals surface area contributed by atoms with Gasteiger partial charge in [-0.05, 0) is 47.6 Å². The van der Waals surface area contributed by atoms with Gasteiger partial charge in [0.2, 0.25) is 0 Å². The topological polar surface area (TPSA) is 109 Å². The van der Waals surface area contributed by atoms with E-state index in [0.717, 1.165) is 47.6 Å². The minimum Gasteiger partial charge on any atom is -0.282 e. The van der Waals surface area contributed by atoms with Gasteiger partial charge in [0.05, 0.1) is 0 Å². The molecule has 0 spiro atoms. The molecule has 0 aliphatic rings. The first kappa shape index (κ1) is 59.1. The van der Waals surface area contributed by atoms with Crippen LogP contribution in [0.5, 0.6) is 0 Å². The molecule has 65 heavy (non-hydrogen) atoms. The van der Waals surface area contributed by atoms with Crippen LogP contribution in [0.1, 0.15) is 230 Å². The van der Waals surface area contributed by atoms with Crippen molar-refractivity contribution >= 4 is 64.8 Å². The molecule has 362 valence electrons. The van der Waals surface area contributed by atoms with Gasteiger partial charge < -0.3 is 0 Å². The lowest BCUT2D eigenvalue weighted by Crippen LogP contribution is -2.04. The molecule has 0 amide bonds. The number of fused-ring (bicyclic) bond motifs is 2. The molecule has 4 rings (SSSR count). The third-order valence-corrected chi connectivity index (χ3v) is 15.0. The predicted molar refractivity (Wildman–Crippen MR) is 280 cm³/mol. The van der Waals surface area contributed by atoms with Crippen LogP contribution in [0.25, 0.3) is 21.5 Å². The number of unbranched alkanes of at least 4 members (excludes halogenated alkanes) is 30. The van der Waals surface area contributed by atoms with Gasteiger partial charge >= 0.3 is 0 Å². The van der Waals surface area contributed by atoms with E-state index in [1.54, 1.807) is 12.1 Å². The van der Waals surface area contributed by atoms with Crippen LogP contribution in [0.2, 0.25) is 0 Å². The molecule has 0 aliphatic carbocycles. The Morgan fingerprint density at radius 2 is 0.554 bits per heavy atom. The van der Waals surface area contributed by atoms with Gasteiger partial charge in [-0.2, -0.15) is 16.8 Å². The van der Waals surface area contributed by atoms with Crippen LogP contribution in [0.4, 0.5) is 0 Å². The van der Waals surface area contributed by atoms with E-state index in [9.17, 15) is 25.9 Å². The zero-order valence-electron chi connectivity index (χ0n) is 41.0. The van der Waals surface area contributed by atoms with Gasteiger partial charge in [0, 0.05) is 33.8 Å². The Bertz CT molecular complexity index is 1900. The van der Waals surface area contributed by atoms with E-state index in [4.69, 9.17) is 0 Å². The summed E-state index contributed by atoms with van der Waals surface area (Å²) >= 11 is 0. The van der Waals surface area contributed by atoms with E-state index < -0.39 is 20.2 Å². The van der Waals surface area contributed by atoms with Crippen LogP contribution in [-0.4, -0.2) is 49.0 Å². The molecule has 2 radical (unpaired) electrons. The third kappa shape index (κ3) is 25.3. The van der Waals surface area contributed by atoms with Crippen molar-refractivity contribution in [1.29, 1.82) is 0 Å². The Balaban J connectivity index is 0.000000440. The minimum atomic E-state index is -4.23. The molecule has 0 saturated carbocycles. The lowest BCUT2D eigenvalue weighted by molar-refractivity contribution is 0.480. The van der Waals surface area contributed by atoms with Gasteiger partial charge in [-0.25, -0.2) is 0 Å². The van der Waals surface area contributed by atoms with Gasteiger partial charge in [-0.15, -0.1) is 0 Å². The molecule has 4 aromatic rings. The molecule has 0 saturated heterocycles. The number of hydrogen-bond donors (Lipinski definition) is 2. The highest BCUT2D eigenvalue weighted by atomic mass is 32.2. The lowest BCUT2D eigenvalue weighted by atomic mass is 10.0. The first-order chi connectivity index (χ1) is 31.1. The molecule has 0 atom stereocenters. The first-order valence-electron chi connectivity index (χ1n) is 26.0. The smallest absolute Gasteiger partial charge is 0.282 e. The molecule has 0 bridgehead atoms. The number of benzene rings is 4. The van der Waals surface area contributed by atoms with Gasteiger partial charge in [0.25, 0.3) is 20.2 Å². The van der Waals surface area contributed by atoms with Gasteiger partial charge in [0.1, 0.15) is 9.79 Å². The van der Waals surface area contributed by atoms with Crippen molar-refractivity contribution in [2.75, 3.05) is 0 Å². The summed E-state index contributed by atoms with van der Waals surface area (Å²) in [5, 5.41) is 2.92. The highest BCUT2D eigenvalue weighted by Gasteiger charge is 2.20. The molecule has 0 heterocycles. The molecular formula is C56H88MgO6S2. The molecule has 0 fully saturated rings. The molecule has 2 N–H and O–H groups in total. The molecule has 0 unspecified atom stereocenters. The second-order valence-corrected chi connectivity index (χ2v) is 21.3. The number of aryl methyl sites for hydroxylation is 2. The molecule has 0 aromatic heterocycles. The minimum absolute atomic E-state index is 0. The second-order valence-electron chi connectivity index (χ2n) is 18.6. The van der Waals surface area contributed by atoms with E-state index in [1.807, 2.05) is 60.7 Å². The van der Waals surface area contributed by atoms with Gasteiger partial charge in [-0.1, -0.05) is 279 Å². The summed E-state index contributed by atoms with van der Waals surface area (Å²) in [6, 6.07) is 22.3. The van der Waals surface area contributed by atoms with E-state index in [-0.39, 0.29) is 32.8 Å². The lowest BCUT2D eigenvalue weighted by Gasteiger charge is -2.11. The number of hydrogen-bond acceptors (Lipinski definition) is 4. The van der Waals surface area contributed by atoms with Crippen LogP contribution in [0, 0.1) is 0 Å². The average Bonchev–Trinajstić information content (AvgIpc) is 3.27. The van der Waals surface area contributed by atoms with Gasteiger partial charge in [0.15, 0.2) is 0 Å². The van der Waals surface area contributed by atoms with Crippen LogP contribution in [0.15, 0.2) is 82.6 Å². The Hall–Kier alpha value is -2.01. The zero-order valence-corrected chi connectivity index (χ0v) is 44.1. The van der Waals surface area contributed by atoms with Crippen molar-refractivity contribution in [2.24, 2.45) is 0 Å². The normalized spacial score (nSPS) is 11.8. The van der Waals surface area contributed by atoms with E-state index in [2.05, 4.69) is 13.8 Å². The summed E-state index contributed by atoms with van der Waals surface area (Å²) in [5.41, 5.74) is 1.47. The Morgan fingerprint density at radius 3 is 0.800 bits per heavy atom. The Morgan fingerprint density at radius 1 is 0.323 bits per heavy atom. The van der Waals surface area contributed by atoms with E-state index in [0.29, 0.717) is 23.6 Å². The molecule has 6 nitrogen and oxygen atoms in total. The fourth-order valence-corrected chi connectivity index (χ4v) is 11.2. The quantitative estimate of drug-likeness (QED) is 0.0267. The Kier molecular flexibility index (Phi) is 32.8. The van der Waals surface area contributed by atoms with Crippen LogP contribution >= 0.6 is 0 Å². The monoisotopic (exact) mass is 945 g/mol. The fourth-order valence-electron chi connectivity index (χ4n) is 9.31. The van der Waals surface area contributed by atoms with Crippen molar-refractivity contribution in [1.82, 2.24) is 0 Å². The molecule has 4 aromatic carbocycles. The average molecular weight is 946 g/mol. The van der Waals surface area contributed by atoms with Crippen molar-refractivity contribution in [3.63, 3.8) is 0 Å². The van der Waals surface area contributed by atoms with Crippen LogP contribution in [0.3, 0.4) is 0 Å². The maximum atomic E-state index is 12.0. The summed E-state index contributed by atoms with van der Waals surface area (Å²) in [6.07, 6.45) is 43.7. The maximum absolute atomic E-state index is 12.0. The van der Waals surface area contributed by atoms with E-state index >= 15 is 0 Å². The number of rotatable bonds is 36. The van der Waals surface area contributed by atoms with Gasteiger partial charge in [-0.3, -0.25) is 9.11 Å². The standard InChI is InChI=1S/2C28H44O3S.Mg/c2*1-2-3-4-5-6-7-8-9-10-11-12-13-14-15-16-17-21-26-24-23-25-20-18-19-22-27(25)28(26)32(29,30)31;/h2*18-20,22-24H,2-17,21H2,1H3,(H,29,30,31);. The second kappa shape index (κ2) is 36.0. The maximum Gasteiger partial charge on any atom is 0.295 e. The highest BCUT2D eigenvalue weighted by molar-refractivity contribution is 7.86. The van der Waals surface area contributed by atoms with Crippen LogP contribution in [-0.2, 0) is 33.1 Å². The SMILES string of the molecule is CCCCCCCCCCCCCCCCCCc1ccc2ccccc2c1S(=O)(=O)O.CCCCCCCCCCCCCCCCCCc1ccc2ccccc2c1S(=O)(=O)O.[Mg]. The Labute approximate surface area is 414 Å². The summed E-state index contributed by atoms with van der Waals surface area (Å²) in [4.78, 5) is 0.188. The fraction of sp³-hybridized carbons (Fsp3) is 0.643. The van der Waals surface area contributed by atoms with E-state index in [1.165, 1.54) is 180 Å². The van der Waals surface area contributed by atoms with Crippen molar-refractivity contribution in [3.05, 3.63) is 83.9 Å². The summed E-state index contributed by atoms with van der Waals surface area (Å²) < 4.78 is 67.5. The first-order valence-corrected chi connectivity index (χ1v) is 28.9.